The zero-order chi connectivity index (χ0) is 25.1. The highest BCUT2D eigenvalue weighted by Gasteiger charge is 2.36. The Morgan fingerprint density at radius 2 is 1.60 bits per heavy atom. The third kappa shape index (κ3) is 5.90. The molecule has 0 aromatic heterocycles. The maximum atomic E-state index is 13.0. The Balaban J connectivity index is 1.60. The van der Waals surface area contributed by atoms with Crippen molar-refractivity contribution in [3.05, 3.63) is 90.7 Å². The number of thioether (sulfide) groups is 1. The lowest BCUT2D eigenvalue weighted by Crippen LogP contribution is -2.27. The molecule has 0 unspecified atom stereocenters. The van der Waals surface area contributed by atoms with Gasteiger partial charge in [-0.05, 0) is 78.9 Å². The Labute approximate surface area is 226 Å². The zero-order valence-corrected chi connectivity index (χ0v) is 22.0. The predicted molar refractivity (Wildman–Crippen MR) is 143 cm³/mol. The van der Waals surface area contributed by atoms with Crippen LogP contribution in [0.2, 0.25) is 20.1 Å². The highest BCUT2D eigenvalue weighted by molar-refractivity contribution is 8.19. The maximum Gasteiger partial charge on any atom is 0.298 e. The normalized spacial score (nSPS) is 14.7. The fraction of sp³-hybridized carbons (Fsp3) is 0.120. The van der Waals surface area contributed by atoms with Gasteiger partial charge in [-0.15, -0.1) is 0 Å². The first kappa shape index (κ1) is 25.7. The monoisotopic (exact) mass is 567 g/mol. The minimum absolute atomic E-state index is 0.148. The summed E-state index contributed by atoms with van der Waals surface area (Å²) < 4.78 is 11.7. The van der Waals surface area contributed by atoms with Crippen molar-refractivity contribution in [2.75, 3.05) is 11.5 Å². The summed E-state index contributed by atoms with van der Waals surface area (Å²) >= 11 is 25.5. The summed E-state index contributed by atoms with van der Waals surface area (Å²) in [5.41, 5.74) is 1.75. The molecule has 1 aliphatic rings. The molecular weight excluding hydrogens is 552 g/mol. The summed E-state index contributed by atoms with van der Waals surface area (Å²) in [4.78, 5) is 26.8. The van der Waals surface area contributed by atoms with E-state index in [1.807, 2.05) is 6.92 Å². The number of rotatable bonds is 7. The number of hydrogen-bond acceptors (Lipinski definition) is 5. The van der Waals surface area contributed by atoms with E-state index in [1.54, 1.807) is 60.7 Å². The van der Waals surface area contributed by atoms with Gasteiger partial charge in [-0.3, -0.25) is 9.59 Å². The molecule has 1 fully saturated rings. The first-order chi connectivity index (χ1) is 16.8. The van der Waals surface area contributed by atoms with Crippen LogP contribution in [-0.2, 0) is 11.4 Å². The molecule has 1 saturated heterocycles. The average molecular weight is 569 g/mol. The second-order valence-electron chi connectivity index (χ2n) is 7.28. The van der Waals surface area contributed by atoms with E-state index < -0.39 is 11.1 Å². The van der Waals surface area contributed by atoms with Gasteiger partial charge < -0.3 is 9.47 Å². The number of carbonyl (C=O) groups is 2. The van der Waals surface area contributed by atoms with Crippen LogP contribution in [0.25, 0.3) is 6.08 Å². The van der Waals surface area contributed by atoms with E-state index in [-0.39, 0.29) is 16.5 Å². The second kappa shape index (κ2) is 11.1. The Kier molecular flexibility index (Phi) is 8.19. The van der Waals surface area contributed by atoms with Crippen LogP contribution in [0, 0.1) is 0 Å². The number of amides is 2. The molecule has 0 aliphatic carbocycles. The minimum Gasteiger partial charge on any atom is -0.490 e. The number of nitrogens with zero attached hydrogens (tertiary/aromatic N) is 1. The molecule has 0 saturated carbocycles. The van der Waals surface area contributed by atoms with Crippen LogP contribution < -0.4 is 14.4 Å². The molecule has 0 bridgehead atoms. The molecule has 2 amide bonds. The summed E-state index contributed by atoms with van der Waals surface area (Å²) in [7, 11) is 0. The van der Waals surface area contributed by atoms with Crippen LogP contribution >= 0.6 is 58.2 Å². The Bertz CT molecular complexity index is 1330. The second-order valence-corrected chi connectivity index (χ2v) is 9.96. The van der Waals surface area contributed by atoms with Crippen LogP contribution in [-0.4, -0.2) is 17.8 Å². The van der Waals surface area contributed by atoms with E-state index in [1.165, 1.54) is 0 Å². The van der Waals surface area contributed by atoms with E-state index in [2.05, 4.69) is 0 Å². The summed E-state index contributed by atoms with van der Waals surface area (Å²) in [5, 5.41) is 1.38. The van der Waals surface area contributed by atoms with Crippen LogP contribution in [0.15, 0.2) is 59.5 Å². The van der Waals surface area contributed by atoms with Crippen LogP contribution in [0.4, 0.5) is 10.5 Å². The van der Waals surface area contributed by atoms with Crippen molar-refractivity contribution in [3.8, 4) is 11.5 Å². The molecule has 0 atom stereocenters. The van der Waals surface area contributed by atoms with E-state index in [9.17, 15) is 9.59 Å². The van der Waals surface area contributed by atoms with Crippen LogP contribution in [0.5, 0.6) is 11.5 Å². The lowest BCUT2D eigenvalue weighted by atomic mass is 10.1. The fourth-order valence-corrected chi connectivity index (χ4v) is 5.00. The van der Waals surface area contributed by atoms with Gasteiger partial charge in [-0.1, -0.05) is 52.5 Å². The van der Waals surface area contributed by atoms with Gasteiger partial charge >= 0.3 is 0 Å². The standard InChI is InChI=1S/C25H17Cl4NO4S/c1-2-33-21-10-14(9-20(29)23(21)34-13-15-3-4-17(27)12-19(15)28)11-22-24(31)30(25(32)35-22)18-7-5-16(26)6-8-18/h3-12H,2,13H2,1H3/b22-11+. The molecular formula is C25H17Cl4NO4S. The molecule has 0 spiro atoms. The molecule has 5 nitrogen and oxygen atoms in total. The first-order valence-corrected chi connectivity index (χ1v) is 12.7. The van der Waals surface area contributed by atoms with E-state index in [0.29, 0.717) is 44.4 Å². The van der Waals surface area contributed by atoms with E-state index >= 15 is 0 Å². The van der Waals surface area contributed by atoms with Crippen molar-refractivity contribution in [2.45, 2.75) is 13.5 Å². The quantitative estimate of drug-likeness (QED) is 0.267. The molecule has 1 aliphatic heterocycles. The Morgan fingerprint density at radius 3 is 2.29 bits per heavy atom. The molecule has 4 rings (SSSR count). The van der Waals surface area contributed by atoms with Crippen molar-refractivity contribution in [1.29, 1.82) is 0 Å². The van der Waals surface area contributed by atoms with E-state index in [0.717, 1.165) is 22.2 Å². The van der Waals surface area contributed by atoms with Gasteiger partial charge in [0.2, 0.25) is 0 Å². The van der Waals surface area contributed by atoms with Gasteiger partial charge in [0.25, 0.3) is 11.1 Å². The maximum absolute atomic E-state index is 13.0. The van der Waals surface area contributed by atoms with Crippen molar-refractivity contribution in [1.82, 2.24) is 0 Å². The summed E-state index contributed by atoms with van der Waals surface area (Å²) in [6.45, 7) is 2.35. The molecule has 0 radical (unpaired) electrons. The zero-order valence-electron chi connectivity index (χ0n) is 18.2. The van der Waals surface area contributed by atoms with Gasteiger partial charge in [0.1, 0.15) is 6.61 Å². The fourth-order valence-electron chi connectivity index (χ4n) is 3.29. The van der Waals surface area contributed by atoms with Gasteiger partial charge in [0.05, 0.1) is 22.2 Å². The number of benzene rings is 3. The third-order valence-electron chi connectivity index (χ3n) is 4.90. The molecule has 1 heterocycles. The van der Waals surface area contributed by atoms with Gasteiger partial charge in [0, 0.05) is 20.6 Å². The topological polar surface area (TPSA) is 55.8 Å². The summed E-state index contributed by atoms with van der Waals surface area (Å²) in [5.74, 6) is 0.299. The lowest BCUT2D eigenvalue weighted by molar-refractivity contribution is -0.113. The van der Waals surface area contributed by atoms with Crippen LogP contribution in [0.3, 0.4) is 0 Å². The number of anilines is 1. The van der Waals surface area contributed by atoms with Crippen molar-refractivity contribution in [2.24, 2.45) is 0 Å². The molecule has 3 aromatic rings. The summed E-state index contributed by atoms with van der Waals surface area (Å²) in [6.07, 6.45) is 1.59. The highest BCUT2D eigenvalue weighted by atomic mass is 35.5. The molecule has 0 N–H and O–H groups in total. The number of imide groups is 1. The highest BCUT2D eigenvalue weighted by Crippen LogP contribution is 2.40. The summed E-state index contributed by atoms with van der Waals surface area (Å²) in [6, 6.07) is 14.9. The molecule has 180 valence electrons. The Hall–Kier alpha value is -2.35. The number of hydrogen-bond donors (Lipinski definition) is 0. The molecule has 35 heavy (non-hydrogen) atoms. The molecule has 10 heteroatoms. The SMILES string of the molecule is CCOc1cc(/C=C2/SC(=O)N(c3ccc(Cl)cc3)C2=O)cc(Cl)c1OCc1ccc(Cl)cc1Cl. The predicted octanol–water partition coefficient (Wildman–Crippen LogP) is 8.52. The lowest BCUT2D eigenvalue weighted by Gasteiger charge is -2.15. The van der Waals surface area contributed by atoms with Crippen molar-refractivity contribution >= 4 is 81.1 Å². The average Bonchev–Trinajstić information content (AvgIpc) is 3.08. The third-order valence-corrected chi connectivity index (χ3v) is 6.88. The minimum atomic E-state index is -0.436. The largest absolute Gasteiger partial charge is 0.490 e. The van der Waals surface area contributed by atoms with Crippen molar-refractivity contribution in [3.63, 3.8) is 0 Å². The molecule has 3 aromatic carbocycles. The number of halogens is 4. The van der Waals surface area contributed by atoms with Crippen LogP contribution in [0.1, 0.15) is 18.1 Å². The van der Waals surface area contributed by atoms with Gasteiger partial charge in [0.15, 0.2) is 11.5 Å². The first-order valence-electron chi connectivity index (χ1n) is 10.3. The Morgan fingerprint density at radius 1 is 0.886 bits per heavy atom. The number of carbonyl (C=O) groups excluding carboxylic acids is 2. The van der Waals surface area contributed by atoms with Crippen molar-refractivity contribution < 1.29 is 19.1 Å². The van der Waals surface area contributed by atoms with E-state index in [4.69, 9.17) is 55.9 Å². The van der Waals surface area contributed by atoms with Gasteiger partial charge in [-0.25, -0.2) is 4.90 Å². The number of ether oxygens (including phenoxy) is 2. The van der Waals surface area contributed by atoms with Gasteiger partial charge in [-0.2, -0.15) is 0 Å². The smallest absolute Gasteiger partial charge is 0.298 e.